The highest BCUT2D eigenvalue weighted by atomic mass is 32.2. The van der Waals surface area contributed by atoms with Gasteiger partial charge in [-0.05, 0) is 37.0 Å². The first-order valence-corrected chi connectivity index (χ1v) is 13.6. The molecule has 36 heavy (non-hydrogen) atoms. The number of carbonyl (C=O) groups is 2. The second-order valence-corrected chi connectivity index (χ2v) is 10.9. The molecule has 10 heteroatoms. The summed E-state index contributed by atoms with van der Waals surface area (Å²) in [5.41, 5.74) is 1.20. The molecule has 0 radical (unpaired) electrons. The Labute approximate surface area is 214 Å². The summed E-state index contributed by atoms with van der Waals surface area (Å²) in [5, 5.41) is 2.86. The van der Waals surface area contributed by atoms with Crippen LogP contribution in [0, 0.1) is 5.92 Å². The van der Waals surface area contributed by atoms with Crippen molar-refractivity contribution in [2.24, 2.45) is 5.92 Å². The number of hydrogen-bond acceptors (Lipinski definition) is 6. The van der Waals surface area contributed by atoms with Gasteiger partial charge < -0.3 is 19.7 Å². The minimum atomic E-state index is -3.87. The third kappa shape index (κ3) is 8.15. The Kier molecular flexibility index (Phi) is 10.6. The average Bonchev–Trinajstić information content (AvgIpc) is 2.85. The van der Waals surface area contributed by atoms with Gasteiger partial charge in [-0.3, -0.25) is 13.9 Å². The molecule has 2 aromatic carbocycles. The largest absolute Gasteiger partial charge is 0.497 e. The predicted octanol–water partition coefficient (Wildman–Crippen LogP) is 2.70. The van der Waals surface area contributed by atoms with Gasteiger partial charge in [0.15, 0.2) is 0 Å². The number of nitrogens with one attached hydrogen (secondary N) is 1. The summed E-state index contributed by atoms with van der Waals surface area (Å²) in [6.45, 7) is 5.85. The van der Waals surface area contributed by atoms with Crippen LogP contribution in [0.2, 0.25) is 0 Å². The summed E-state index contributed by atoms with van der Waals surface area (Å²) in [5.74, 6) is 0.179. The molecule has 0 unspecified atom stereocenters. The van der Waals surface area contributed by atoms with Crippen LogP contribution in [0.5, 0.6) is 11.5 Å². The number of anilines is 1. The number of benzene rings is 2. The third-order valence-corrected chi connectivity index (χ3v) is 6.80. The van der Waals surface area contributed by atoms with E-state index in [0.717, 1.165) is 16.1 Å². The lowest BCUT2D eigenvalue weighted by Gasteiger charge is -2.32. The van der Waals surface area contributed by atoms with Crippen molar-refractivity contribution < 1.29 is 27.5 Å². The van der Waals surface area contributed by atoms with Gasteiger partial charge in [0.1, 0.15) is 24.1 Å². The summed E-state index contributed by atoms with van der Waals surface area (Å²) < 4.78 is 37.1. The molecular formula is C26H37N3O6S. The van der Waals surface area contributed by atoms with Gasteiger partial charge in [-0.25, -0.2) is 8.42 Å². The maximum atomic E-state index is 13.6. The van der Waals surface area contributed by atoms with Crippen LogP contribution in [0.15, 0.2) is 48.5 Å². The van der Waals surface area contributed by atoms with Crippen molar-refractivity contribution in [1.29, 1.82) is 0 Å². The molecule has 0 saturated carbocycles. The molecule has 0 aliphatic carbocycles. The lowest BCUT2D eigenvalue weighted by molar-refractivity contribution is -0.138. The van der Waals surface area contributed by atoms with Gasteiger partial charge >= 0.3 is 0 Å². The van der Waals surface area contributed by atoms with Crippen LogP contribution < -0.4 is 19.1 Å². The first kappa shape index (κ1) is 29.0. The highest BCUT2D eigenvalue weighted by molar-refractivity contribution is 7.92. The van der Waals surface area contributed by atoms with Crippen LogP contribution in [0.3, 0.4) is 0 Å². The first-order chi connectivity index (χ1) is 17.0. The van der Waals surface area contributed by atoms with E-state index < -0.39 is 28.5 Å². The van der Waals surface area contributed by atoms with Crippen molar-refractivity contribution in [1.82, 2.24) is 10.2 Å². The van der Waals surface area contributed by atoms with Crippen molar-refractivity contribution in [2.45, 2.75) is 33.2 Å². The van der Waals surface area contributed by atoms with Gasteiger partial charge in [0.25, 0.3) is 0 Å². The second-order valence-electron chi connectivity index (χ2n) is 8.95. The summed E-state index contributed by atoms with van der Waals surface area (Å²) >= 11 is 0. The van der Waals surface area contributed by atoms with Crippen LogP contribution in [0.4, 0.5) is 5.69 Å². The molecule has 1 atom stereocenters. The van der Waals surface area contributed by atoms with Gasteiger partial charge in [0.2, 0.25) is 21.8 Å². The van der Waals surface area contributed by atoms with E-state index in [4.69, 9.17) is 9.47 Å². The molecule has 0 aliphatic rings. The SMILES string of the molecule is COc1ccc(N(CC(=O)N(CCc2ccccc2)[C@H](C)C(=O)NCC(C)C)S(C)(=O)=O)c(OC)c1. The zero-order chi connectivity index (χ0) is 26.9. The van der Waals surface area contributed by atoms with Crippen molar-refractivity contribution >= 4 is 27.5 Å². The summed E-state index contributed by atoms with van der Waals surface area (Å²) in [6, 6.07) is 13.5. The summed E-state index contributed by atoms with van der Waals surface area (Å²) in [7, 11) is -0.969. The van der Waals surface area contributed by atoms with E-state index in [2.05, 4.69) is 5.32 Å². The van der Waals surface area contributed by atoms with E-state index in [9.17, 15) is 18.0 Å². The van der Waals surface area contributed by atoms with Crippen LogP contribution in [-0.2, 0) is 26.0 Å². The molecular weight excluding hydrogens is 482 g/mol. The van der Waals surface area contributed by atoms with Crippen molar-refractivity contribution in [3.05, 3.63) is 54.1 Å². The molecule has 2 rings (SSSR count). The number of rotatable bonds is 13. The fourth-order valence-corrected chi connectivity index (χ4v) is 4.46. The molecule has 0 fully saturated rings. The minimum Gasteiger partial charge on any atom is -0.497 e. The van der Waals surface area contributed by atoms with Gasteiger partial charge in [-0.15, -0.1) is 0 Å². The Bertz CT molecular complexity index is 1120. The highest BCUT2D eigenvalue weighted by Gasteiger charge is 2.31. The number of nitrogens with zero attached hydrogens (tertiary/aromatic N) is 2. The quantitative estimate of drug-likeness (QED) is 0.436. The van der Waals surface area contributed by atoms with Gasteiger partial charge in [-0.1, -0.05) is 44.2 Å². The maximum absolute atomic E-state index is 13.6. The molecule has 0 saturated heterocycles. The first-order valence-electron chi connectivity index (χ1n) is 11.8. The third-order valence-electron chi connectivity index (χ3n) is 5.67. The number of methoxy groups -OCH3 is 2. The number of hydrogen-bond donors (Lipinski definition) is 1. The van der Waals surface area contributed by atoms with E-state index in [-0.39, 0.29) is 29.8 Å². The Hall–Kier alpha value is -3.27. The minimum absolute atomic E-state index is 0.203. The van der Waals surface area contributed by atoms with Gasteiger partial charge in [0.05, 0.1) is 26.2 Å². The summed E-state index contributed by atoms with van der Waals surface area (Å²) in [6.07, 6.45) is 1.54. The van der Waals surface area contributed by atoms with E-state index in [1.165, 1.54) is 25.2 Å². The Morgan fingerprint density at radius 1 is 1.00 bits per heavy atom. The van der Waals surface area contributed by atoms with Crippen LogP contribution in [0.25, 0.3) is 0 Å². The number of amides is 2. The summed E-state index contributed by atoms with van der Waals surface area (Å²) in [4.78, 5) is 27.9. The molecule has 2 aromatic rings. The van der Waals surface area contributed by atoms with Gasteiger partial charge in [0, 0.05) is 19.2 Å². The number of ether oxygens (including phenoxy) is 2. The normalized spacial score (nSPS) is 12.1. The number of sulfonamides is 1. The zero-order valence-corrected chi connectivity index (χ0v) is 22.7. The Morgan fingerprint density at radius 2 is 1.67 bits per heavy atom. The Morgan fingerprint density at radius 3 is 2.22 bits per heavy atom. The lowest BCUT2D eigenvalue weighted by atomic mass is 10.1. The van der Waals surface area contributed by atoms with Crippen molar-refractivity contribution in [3.8, 4) is 11.5 Å². The van der Waals surface area contributed by atoms with Gasteiger partial charge in [-0.2, -0.15) is 0 Å². The topological polar surface area (TPSA) is 105 Å². The van der Waals surface area contributed by atoms with E-state index in [1.807, 2.05) is 44.2 Å². The van der Waals surface area contributed by atoms with E-state index in [0.29, 0.717) is 18.7 Å². The number of carbonyl (C=O) groups excluding carboxylic acids is 2. The fourth-order valence-electron chi connectivity index (χ4n) is 3.61. The molecule has 0 aliphatic heterocycles. The highest BCUT2D eigenvalue weighted by Crippen LogP contribution is 2.33. The van der Waals surface area contributed by atoms with Crippen LogP contribution in [-0.4, -0.2) is 71.3 Å². The zero-order valence-electron chi connectivity index (χ0n) is 21.9. The molecule has 1 N–H and O–H groups in total. The second kappa shape index (κ2) is 13.2. The Balaban J connectivity index is 2.37. The lowest BCUT2D eigenvalue weighted by Crippen LogP contribution is -2.52. The van der Waals surface area contributed by atoms with Crippen molar-refractivity contribution in [3.63, 3.8) is 0 Å². The monoisotopic (exact) mass is 519 g/mol. The predicted molar refractivity (Wildman–Crippen MR) is 141 cm³/mol. The fraction of sp³-hybridized carbons (Fsp3) is 0.462. The molecule has 0 spiro atoms. The van der Waals surface area contributed by atoms with Crippen LogP contribution in [0.1, 0.15) is 26.3 Å². The molecule has 0 aromatic heterocycles. The molecule has 2 amide bonds. The molecule has 0 bridgehead atoms. The maximum Gasteiger partial charge on any atom is 0.244 e. The smallest absolute Gasteiger partial charge is 0.244 e. The molecule has 0 heterocycles. The molecule has 9 nitrogen and oxygen atoms in total. The van der Waals surface area contributed by atoms with E-state index in [1.54, 1.807) is 19.1 Å². The standard InChI is InChI=1S/C26H37N3O6S/c1-19(2)17-27-26(31)20(3)28(15-14-21-10-8-7-9-11-21)25(30)18-29(36(6,32)33)23-13-12-22(34-4)16-24(23)35-5/h7-13,16,19-20H,14-15,17-18H2,1-6H3,(H,27,31)/t20-/m1/s1. The van der Waals surface area contributed by atoms with E-state index >= 15 is 0 Å². The average molecular weight is 520 g/mol. The van der Waals surface area contributed by atoms with Crippen molar-refractivity contribution in [2.75, 3.05) is 44.4 Å². The van der Waals surface area contributed by atoms with Crippen LogP contribution >= 0.6 is 0 Å². The molecule has 198 valence electrons.